The molecule has 3 aromatic rings. The molecule has 3 fully saturated rings. The van der Waals surface area contributed by atoms with Gasteiger partial charge < -0.3 is 20.7 Å². The van der Waals surface area contributed by atoms with Crippen LogP contribution in [0, 0.1) is 23.0 Å². The monoisotopic (exact) mass is 651 g/mol. The lowest BCUT2D eigenvalue weighted by Gasteiger charge is -2.36. The Balaban J connectivity index is 0.00000182. The highest BCUT2D eigenvalue weighted by atomic mass is 32.1. The molecule has 3 N–H and O–H groups in total. The Labute approximate surface area is 271 Å². The van der Waals surface area contributed by atoms with E-state index in [1.165, 1.54) is 12.1 Å². The fourth-order valence-electron chi connectivity index (χ4n) is 7.44. The molecule has 12 heteroatoms. The summed E-state index contributed by atoms with van der Waals surface area (Å²) in [6.45, 7) is 10.2. The van der Waals surface area contributed by atoms with Crippen LogP contribution in [0.2, 0.25) is 0 Å². The van der Waals surface area contributed by atoms with Crippen molar-refractivity contribution in [1.82, 2.24) is 20.2 Å². The maximum atomic E-state index is 16.5. The molecule has 3 saturated heterocycles. The van der Waals surface area contributed by atoms with Gasteiger partial charge in [-0.1, -0.05) is 19.9 Å². The van der Waals surface area contributed by atoms with E-state index in [1.807, 2.05) is 19.9 Å². The lowest BCUT2D eigenvalue weighted by molar-refractivity contribution is 0.108. The number of fused-ring (bicyclic) bond motifs is 3. The molecule has 0 saturated carbocycles. The van der Waals surface area contributed by atoms with E-state index in [-0.39, 0.29) is 49.7 Å². The number of halogens is 3. The third-order valence-corrected chi connectivity index (χ3v) is 10.7. The van der Waals surface area contributed by atoms with Gasteiger partial charge in [0.1, 0.15) is 40.7 Å². The number of aromatic nitrogens is 2. The predicted octanol–water partition coefficient (Wildman–Crippen LogP) is 6.60. The molecule has 0 bridgehead atoms. The van der Waals surface area contributed by atoms with Crippen molar-refractivity contribution in [2.45, 2.75) is 70.9 Å². The number of piperazine rings is 1. The molecule has 4 aliphatic rings. The first-order valence-corrected chi connectivity index (χ1v) is 17.0. The van der Waals surface area contributed by atoms with Crippen molar-refractivity contribution in [3.05, 3.63) is 51.4 Å². The van der Waals surface area contributed by atoms with Crippen molar-refractivity contribution in [2.24, 2.45) is 0 Å². The summed E-state index contributed by atoms with van der Waals surface area (Å²) < 4.78 is 54.2. The van der Waals surface area contributed by atoms with Crippen LogP contribution in [0.25, 0.3) is 22.3 Å². The van der Waals surface area contributed by atoms with Gasteiger partial charge in [0.25, 0.3) is 0 Å². The molecular formula is C34H40F3N7OS. The van der Waals surface area contributed by atoms with Gasteiger partial charge in [-0.05, 0) is 76.3 Å². The zero-order chi connectivity index (χ0) is 32.6. The van der Waals surface area contributed by atoms with E-state index in [1.54, 1.807) is 6.92 Å². The normalized spacial score (nSPS) is 20.9. The zero-order valence-corrected chi connectivity index (χ0v) is 27.4. The molecule has 0 amide bonds. The second kappa shape index (κ2) is 13.2. The third kappa shape index (κ3) is 5.63. The van der Waals surface area contributed by atoms with E-state index in [4.69, 9.17) is 20.7 Å². The molecule has 4 aliphatic heterocycles. The van der Waals surface area contributed by atoms with Gasteiger partial charge in [-0.25, -0.2) is 13.2 Å². The third-order valence-electron chi connectivity index (χ3n) is 9.70. The number of hydrogen-bond acceptors (Lipinski definition) is 9. The molecule has 46 heavy (non-hydrogen) atoms. The summed E-state index contributed by atoms with van der Waals surface area (Å²) in [5.74, 6) is -1.64. The molecule has 0 aliphatic carbocycles. The number of nitriles is 1. The van der Waals surface area contributed by atoms with Crippen LogP contribution in [0.5, 0.6) is 6.01 Å². The average molecular weight is 652 g/mol. The second-order valence-electron chi connectivity index (χ2n) is 12.2. The van der Waals surface area contributed by atoms with Crippen LogP contribution in [0.15, 0.2) is 18.2 Å². The van der Waals surface area contributed by atoms with E-state index in [0.717, 1.165) is 62.7 Å². The number of nitrogens with one attached hydrogen (secondary N) is 1. The number of anilines is 2. The molecule has 6 heterocycles. The highest BCUT2D eigenvalue weighted by Gasteiger charge is 2.45. The van der Waals surface area contributed by atoms with Crippen LogP contribution in [0.3, 0.4) is 0 Å². The largest absolute Gasteiger partial charge is 0.461 e. The first-order chi connectivity index (χ1) is 22.3. The standard InChI is InChI=1S/C32H34F3N7OS.C2H6/c1-18(4-7-22(33)23-14-19(15-36)29(37)44-23)24-26(34)21-6-5-20-16-38-10-13-42(20)30-25(21)28(27(24)35)39-31(40-30)43-17-32-8-2-11-41(32)12-3-9-32;1-2/h4,7,14,20,38H,2-3,5-6,8-13,16-17,37H2,1H3;1-2H3/b18-4+,22-7+;. The minimum absolute atomic E-state index is 0.0182. The molecule has 2 aromatic heterocycles. The van der Waals surface area contributed by atoms with Gasteiger partial charge in [-0.15, -0.1) is 11.3 Å². The molecule has 1 unspecified atom stereocenters. The van der Waals surface area contributed by atoms with E-state index >= 15 is 13.2 Å². The topological polar surface area (TPSA) is 103 Å². The van der Waals surface area contributed by atoms with Crippen molar-refractivity contribution in [2.75, 3.05) is 50.0 Å². The summed E-state index contributed by atoms with van der Waals surface area (Å²) in [6.07, 6.45) is 7.86. The predicted molar refractivity (Wildman–Crippen MR) is 178 cm³/mol. The molecule has 7 rings (SSSR count). The smallest absolute Gasteiger partial charge is 0.319 e. The van der Waals surface area contributed by atoms with E-state index < -0.39 is 17.5 Å². The van der Waals surface area contributed by atoms with Crippen molar-refractivity contribution < 1.29 is 17.9 Å². The maximum absolute atomic E-state index is 16.5. The van der Waals surface area contributed by atoms with E-state index in [0.29, 0.717) is 49.3 Å². The minimum atomic E-state index is -0.820. The zero-order valence-electron chi connectivity index (χ0n) is 26.6. The fraction of sp³-hybridized carbons (Fsp3) is 0.500. The number of nitrogen functional groups attached to an aromatic ring is 1. The number of nitrogens with two attached hydrogens (primary N) is 1. The Hall–Kier alpha value is -3.66. The fourth-order valence-corrected chi connectivity index (χ4v) is 8.23. The summed E-state index contributed by atoms with van der Waals surface area (Å²) in [7, 11) is 0. The van der Waals surface area contributed by atoms with Crippen molar-refractivity contribution in [3.8, 4) is 12.1 Å². The quantitative estimate of drug-likeness (QED) is 0.288. The minimum Gasteiger partial charge on any atom is -0.461 e. The number of hydrogen-bond donors (Lipinski definition) is 2. The highest BCUT2D eigenvalue weighted by Crippen LogP contribution is 2.42. The maximum Gasteiger partial charge on any atom is 0.319 e. The van der Waals surface area contributed by atoms with Crippen molar-refractivity contribution >= 4 is 44.5 Å². The van der Waals surface area contributed by atoms with Crippen LogP contribution in [-0.4, -0.2) is 65.8 Å². The Morgan fingerprint density at radius 1 is 1.20 bits per heavy atom. The molecule has 244 valence electrons. The van der Waals surface area contributed by atoms with Gasteiger partial charge in [-0.2, -0.15) is 15.2 Å². The summed E-state index contributed by atoms with van der Waals surface area (Å²) in [4.78, 5) is 14.2. The molecule has 8 nitrogen and oxygen atoms in total. The van der Waals surface area contributed by atoms with Gasteiger partial charge in [0.2, 0.25) is 0 Å². The Morgan fingerprint density at radius 2 is 1.96 bits per heavy atom. The number of benzene rings is 1. The van der Waals surface area contributed by atoms with Crippen molar-refractivity contribution in [1.29, 1.82) is 5.26 Å². The molecular weight excluding hydrogens is 611 g/mol. The lowest BCUT2D eigenvalue weighted by Crippen LogP contribution is -2.51. The van der Waals surface area contributed by atoms with Crippen LogP contribution < -0.4 is 20.7 Å². The Bertz CT molecular complexity index is 1740. The summed E-state index contributed by atoms with van der Waals surface area (Å²) >= 11 is 0.941. The van der Waals surface area contributed by atoms with Gasteiger partial charge >= 0.3 is 6.01 Å². The number of thiophene rings is 1. The van der Waals surface area contributed by atoms with Gasteiger partial charge in [0.15, 0.2) is 5.82 Å². The lowest BCUT2D eigenvalue weighted by atomic mass is 9.95. The molecule has 1 atom stereocenters. The van der Waals surface area contributed by atoms with Crippen LogP contribution in [0.1, 0.15) is 74.4 Å². The number of rotatable bonds is 6. The second-order valence-corrected chi connectivity index (χ2v) is 13.3. The van der Waals surface area contributed by atoms with Gasteiger partial charge in [0, 0.05) is 31.2 Å². The van der Waals surface area contributed by atoms with Gasteiger partial charge in [0.05, 0.1) is 26.9 Å². The summed E-state index contributed by atoms with van der Waals surface area (Å²) in [5.41, 5.74) is 6.27. The van der Waals surface area contributed by atoms with Crippen molar-refractivity contribution in [3.63, 3.8) is 0 Å². The summed E-state index contributed by atoms with van der Waals surface area (Å²) in [5, 5.41) is 13.2. The number of nitrogens with zero attached hydrogens (tertiary/aromatic N) is 5. The first-order valence-electron chi connectivity index (χ1n) is 16.2. The SMILES string of the molecule is C/C(=C\C=C(\F)c1cc(C#N)c(N)s1)c1c(F)c2c3c(nc(OCC45CCCN4CCC5)nc3c1F)N1CCNCC1CC2.CC. The average Bonchev–Trinajstić information content (AvgIpc) is 3.74. The van der Waals surface area contributed by atoms with Crippen LogP contribution in [-0.2, 0) is 6.42 Å². The van der Waals surface area contributed by atoms with Crippen LogP contribution in [0.4, 0.5) is 24.0 Å². The number of ether oxygens (including phenoxy) is 1. The molecule has 0 radical (unpaired) electrons. The van der Waals surface area contributed by atoms with Gasteiger partial charge in [-0.3, -0.25) is 4.90 Å². The molecule has 0 spiro atoms. The first kappa shape index (κ1) is 32.3. The molecule has 1 aromatic carbocycles. The Morgan fingerprint density at radius 3 is 2.67 bits per heavy atom. The van der Waals surface area contributed by atoms with E-state index in [2.05, 4.69) is 20.1 Å². The van der Waals surface area contributed by atoms with Crippen LogP contribution >= 0.6 is 11.3 Å². The number of allylic oxidation sites excluding steroid dienone is 3. The summed E-state index contributed by atoms with van der Waals surface area (Å²) in [6, 6.07) is 3.45. The van der Waals surface area contributed by atoms with E-state index in [9.17, 15) is 0 Å². The number of aryl methyl sites for hydroxylation is 1. The Kier molecular flexibility index (Phi) is 9.28. The highest BCUT2D eigenvalue weighted by molar-refractivity contribution is 7.17.